The Kier molecular flexibility index (Phi) is 6.84. The molecule has 100 valence electrons. The zero-order valence-electron chi connectivity index (χ0n) is 11.0. The van der Waals surface area contributed by atoms with Crippen molar-refractivity contribution in [2.24, 2.45) is 5.11 Å². The van der Waals surface area contributed by atoms with Gasteiger partial charge in [-0.15, -0.1) is 0 Å². The summed E-state index contributed by atoms with van der Waals surface area (Å²) in [6, 6.07) is 7.70. The molecular formula is C14H17N3O2. The van der Waals surface area contributed by atoms with Crippen LogP contribution in [0.25, 0.3) is 16.5 Å². The third kappa shape index (κ3) is 6.29. The number of carbonyl (C=O) groups excluding carboxylic acids is 1. The van der Waals surface area contributed by atoms with Gasteiger partial charge in [0.15, 0.2) is 0 Å². The van der Waals surface area contributed by atoms with E-state index >= 15 is 0 Å². The molecule has 0 aliphatic rings. The van der Waals surface area contributed by atoms with Gasteiger partial charge in [-0.05, 0) is 30.0 Å². The van der Waals surface area contributed by atoms with Crippen molar-refractivity contribution in [2.45, 2.75) is 19.8 Å². The van der Waals surface area contributed by atoms with Gasteiger partial charge in [-0.25, -0.2) is 0 Å². The molecule has 0 heterocycles. The van der Waals surface area contributed by atoms with Crippen molar-refractivity contribution in [1.82, 2.24) is 0 Å². The van der Waals surface area contributed by atoms with E-state index in [4.69, 9.17) is 10.3 Å². The molecule has 0 saturated carbocycles. The van der Waals surface area contributed by atoms with E-state index in [1.807, 2.05) is 36.4 Å². The summed E-state index contributed by atoms with van der Waals surface area (Å²) in [6.07, 6.45) is 4.93. The average molecular weight is 259 g/mol. The molecule has 0 N–H and O–H groups in total. The second kappa shape index (κ2) is 8.78. The quantitative estimate of drug-likeness (QED) is 0.247. The van der Waals surface area contributed by atoms with Crippen LogP contribution in [0.1, 0.15) is 24.5 Å². The number of nitrogens with zero attached hydrogens (tertiary/aromatic N) is 3. The number of hydrogen-bond donors (Lipinski definition) is 0. The molecule has 0 saturated heterocycles. The fourth-order valence-corrected chi connectivity index (χ4v) is 1.52. The van der Waals surface area contributed by atoms with Crippen molar-refractivity contribution in [3.05, 3.63) is 51.9 Å². The molecule has 0 aliphatic carbocycles. The molecule has 5 nitrogen and oxygen atoms in total. The van der Waals surface area contributed by atoms with Crippen LogP contribution in [-0.4, -0.2) is 19.1 Å². The van der Waals surface area contributed by atoms with Crippen molar-refractivity contribution in [3.63, 3.8) is 0 Å². The number of esters is 1. The SMILES string of the molecule is CCOC(=O)Cc1ccc(C=CCCN=[N+]=[N-])cc1. The average Bonchev–Trinajstić information content (AvgIpc) is 2.41. The molecule has 19 heavy (non-hydrogen) atoms. The van der Waals surface area contributed by atoms with Crippen LogP contribution in [0.3, 0.4) is 0 Å². The second-order valence-electron chi connectivity index (χ2n) is 3.87. The molecule has 0 aliphatic heterocycles. The second-order valence-corrected chi connectivity index (χ2v) is 3.87. The number of hydrogen-bond acceptors (Lipinski definition) is 3. The number of rotatable bonds is 7. The van der Waals surface area contributed by atoms with E-state index in [2.05, 4.69) is 10.0 Å². The van der Waals surface area contributed by atoms with Crippen LogP contribution in [0, 0.1) is 0 Å². The minimum Gasteiger partial charge on any atom is -0.466 e. The van der Waals surface area contributed by atoms with E-state index in [9.17, 15) is 4.79 Å². The molecule has 1 aromatic rings. The molecule has 0 radical (unpaired) electrons. The van der Waals surface area contributed by atoms with Crippen molar-refractivity contribution in [1.29, 1.82) is 0 Å². The molecule has 0 bridgehead atoms. The predicted octanol–water partition coefficient (Wildman–Crippen LogP) is 3.51. The van der Waals surface area contributed by atoms with Crippen molar-refractivity contribution in [3.8, 4) is 0 Å². The highest BCUT2D eigenvalue weighted by Gasteiger charge is 2.02. The van der Waals surface area contributed by atoms with E-state index in [1.165, 1.54) is 0 Å². The van der Waals surface area contributed by atoms with E-state index in [-0.39, 0.29) is 5.97 Å². The van der Waals surface area contributed by atoms with Gasteiger partial charge in [0.25, 0.3) is 0 Å². The van der Waals surface area contributed by atoms with Crippen molar-refractivity contribution in [2.75, 3.05) is 13.2 Å². The Morgan fingerprint density at radius 1 is 1.42 bits per heavy atom. The van der Waals surface area contributed by atoms with Crippen LogP contribution in [0.15, 0.2) is 35.5 Å². The third-order valence-electron chi connectivity index (χ3n) is 2.40. The Morgan fingerprint density at radius 3 is 2.79 bits per heavy atom. The molecule has 0 amide bonds. The summed E-state index contributed by atoms with van der Waals surface area (Å²) in [5.74, 6) is -0.208. The first-order valence-electron chi connectivity index (χ1n) is 6.18. The number of azide groups is 1. The molecular weight excluding hydrogens is 242 g/mol. The van der Waals surface area contributed by atoms with Crippen LogP contribution in [-0.2, 0) is 16.0 Å². The Hall–Kier alpha value is -2.26. The number of ether oxygens (including phenoxy) is 1. The summed E-state index contributed by atoms with van der Waals surface area (Å²) in [6.45, 7) is 2.67. The van der Waals surface area contributed by atoms with Gasteiger partial charge in [0, 0.05) is 11.5 Å². The Bertz CT molecular complexity index is 474. The smallest absolute Gasteiger partial charge is 0.310 e. The molecule has 1 aromatic carbocycles. The maximum Gasteiger partial charge on any atom is 0.310 e. The first-order chi connectivity index (χ1) is 9.26. The van der Waals surface area contributed by atoms with Gasteiger partial charge in [-0.3, -0.25) is 4.79 Å². The maximum atomic E-state index is 11.3. The standard InChI is InChI=1S/C14H17N3O2/c1-2-19-14(18)11-13-8-6-12(7-9-13)5-3-4-10-16-17-15/h3,5-9H,2,4,10-11H2,1H3. The van der Waals surface area contributed by atoms with Gasteiger partial charge in [0.2, 0.25) is 0 Å². The summed E-state index contributed by atoms with van der Waals surface area (Å²) in [5.41, 5.74) is 10.1. The molecule has 0 atom stereocenters. The first kappa shape index (κ1) is 14.8. The highest BCUT2D eigenvalue weighted by Crippen LogP contribution is 2.08. The van der Waals surface area contributed by atoms with Gasteiger partial charge in [-0.2, -0.15) is 0 Å². The number of carbonyl (C=O) groups is 1. The lowest BCUT2D eigenvalue weighted by atomic mass is 10.1. The normalized spacial score (nSPS) is 10.2. The highest BCUT2D eigenvalue weighted by atomic mass is 16.5. The maximum absolute atomic E-state index is 11.3. The fraction of sp³-hybridized carbons (Fsp3) is 0.357. The summed E-state index contributed by atoms with van der Waals surface area (Å²) in [5, 5.41) is 3.45. The van der Waals surface area contributed by atoms with Crippen LogP contribution in [0.2, 0.25) is 0 Å². The fourth-order valence-electron chi connectivity index (χ4n) is 1.52. The lowest BCUT2D eigenvalue weighted by molar-refractivity contribution is -0.142. The van der Waals surface area contributed by atoms with Crippen LogP contribution >= 0.6 is 0 Å². The minimum absolute atomic E-state index is 0.208. The molecule has 0 aromatic heterocycles. The van der Waals surface area contributed by atoms with Crippen LogP contribution in [0.5, 0.6) is 0 Å². The minimum atomic E-state index is -0.208. The number of benzene rings is 1. The summed E-state index contributed by atoms with van der Waals surface area (Å²) >= 11 is 0. The van der Waals surface area contributed by atoms with Gasteiger partial charge in [-0.1, -0.05) is 41.5 Å². The lowest BCUT2D eigenvalue weighted by Crippen LogP contribution is -2.07. The van der Waals surface area contributed by atoms with Crippen LogP contribution in [0.4, 0.5) is 0 Å². The van der Waals surface area contributed by atoms with Gasteiger partial charge in [0.05, 0.1) is 13.0 Å². The molecule has 0 fully saturated rings. The largest absolute Gasteiger partial charge is 0.466 e. The van der Waals surface area contributed by atoms with Gasteiger partial charge in [0.1, 0.15) is 0 Å². The molecule has 5 heteroatoms. The summed E-state index contributed by atoms with van der Waals surface area (Å²) in [7, 11) is 0. The molecule has 0 spiro atoms. The molecule has 0 unspecified atom stereocenters. The third-order valence-corrected chi connectivity index (χ3v) is 2.40. The summed E-state index contributed by atoms with van der Waals surface area (Å²) < 4.78 is 4.89. The Balaban J connectivity index is 2.47. The predicted molar refractivity (Wildman–Crippen MR) is 74.4 cm³/mol. The van der Waals surface area contributed by atoms with Crippen LogP contribution < -0.4 is 0 Å². The summed E-state index contributed by atoms with van der Waals surface area (Å²) in [4.78, 5) is 14.0. The van der Waals surface area contributed by atoms with E-state index in [1.54, 1.807) is 6.92 Å². The van der Waals surface area contributed by atoms with Gasteiger partial charge >= 0.3 is 5.97 Å². The Labute approximate surface area is 112 Å². The topological polar surface area (TPSA) is 75.1 Å². The van der Waals surface area contributed by atoms with E-state index < -0.39 is 0 Å². The van der Waals surface area contributed by atoms with E-state index in [0.29, 0.717) is 26.0 Å². The monoisotopic (exact) mass is 259 g/mol. The highest BCUT2D eigenvalue weighted by molar-refractivity contribution is 5.72. The van der Waals surface area contributed by atoms with Crippen molar-refractivity contribution < 1.29 is 9.53 Å². The zero-order chi connectivity index (χ0) is 13.9. The zero-order valence-corrected chi connectivity index (χ0v) is 11.0. The lowest BCUT2D eigenvalue weighted by Gasteiger charge is -2.02. The molecule has 1 rings (SSSR count). The van der Waals surface area contributed by atoms with E-state index in [0.717, 1.165) is 11.1 Å². The Morgan fingerprint density at radius 2 is 2.16 bits per heavy atom. The van der Waals surface area contributed by atoms with Crippen molar-refractivity contribution >= 4 is 12.0 Å². The first-order valence-corrected chi connectivity index (χ1v) is 6.18. The van der Waals surface area contributed by atoms with Gasteiger partial charge < -0.3 is 4.74 Å².